The van der Waals surface area contributed by atoms with Crippen molar-refractivity contribution in [3.63, 3.8) is 0 Å². The molecule has 6 nitrogen and oxygen atoms in total. The molecule has 2 N–H and O–H groups in total. The van der Waals surface area contributed by atoms with Gasteiger partial charge in [0.05, 0.1) is 25.8 Å². The van der Waals surface area contributed by atoms with Gasteiger partial charge in [-0.05, 0) is 19.1 Å². The van der Waals surface area contributed by atoms with Crippen molar-refractivity contribution >= 4 is 23.1 Å². The average molecular weight is 307 g/mol. The number of aryl methyl sites for hydroxylation is 1. The number of nitrogens with zero attached hydrogens (tertiary/aromatic N) is 1. The second-order valence-electron chi connectivity index (χ2n) is 4.22. The Morgan fingerprint density at radius 2 is 2.05 bits per heavy atom. The van der Waals surface area contributed by atoms with E-state index >= 15 is 0 Å². The summed E-state index contributed by atoms with van der Waals surface area (Å²) < 4.78 is 10.3. The summed E-state index contributed by atoms with van der Waals surface area (Å²) in [5.74, 6) is 1.18. The summed E-state index contributed by atoms with van der Waals surface area (Å²) in [4.78, 5) is 17.0. The van der Waals surface area contributed by atoms with E-state index in [1.54, 1.807) is 50.0 Å². The molecular weight excluding hydrogens is 290 g/mol. The number of carbonyl (C=O) groups is 1. The van der Waals surface area contributed by atoms with E-state index in [-0.39, 0.29) is 6.03 Å². The van der Waals surface area contributed by atoms with Crippen LogP contribution in [0.1, 0.15) is 9.88 Å². The Labute approximate surface area is 127 Å². The smallest absolute Gasteiger partial charge is 0.319 e. The van der Waals surface area contributed by atoms with Crippen LogP contribution in [0, 0.1) is 6.92 Å². The molecule has 0 fully saturated rings. The van der Waals surface area contributed by atoms with E-state index in [2.05, 4.69) is 15.6 Å². The van der Waals surface area contributed by atoms with Gasteiger partial charge in [0.1, 0.15) is 0 Å². The molecule has 0 radical (unpaired) electrons. The van der Waals surface area contributed by atoms with Gasteiger partial charge in [0.25, 0.3) is 0 Å². The van der Waals surface area contributed by atoms with Gasteiger partial charge in [-0.25, -0.2) is 9.78 Å². The molecule has 0 saturated carbocycles. The summed E-state index contributed by atoms with van der Waals surface area (Å²) in [7, 11) is 3.11. The maximum absolute atomic E-state index is 11.8. The largest absolute Gasteiger partial charge is 0.493 e. The van der Waals surface area contributed by atoms with Crippen LogP contribution in [0.15, 0.2) is 24.4 Å². The van der Waals surface area contributed by atoms with E-state index in [4.69, 9.17) is 9.47 Å². The molecule has 0 spiro atoms. The number of rotatable bonds is 5. The van der Waals surface area contributed by atoms with Gasteiger partial charge in [-0.2, -0.15) is 0 Å². The van der Waals surface area contributed by atoms with Crippen molar-refractivity contribution in [3.05, 3.63) is 34.3 Å². The fraction of sp³-hybridized carbons (Fsp3) is 0.286. The van der Waals surface area contributed by atoms with Crippen LogP contribution in [0.25, 0.3) is 0 Å². The predicted octanol–water partition coefficient (Wildman–Crippen LogP) is 2.79. The standard InChI is InChI=1S/C14H17N3O3S/c1-9-15-7-11(21-9)8-16-14(18)17-10-4-5-12(19-2)13(6-10)20-3/h4-7H,8H2,1-3H3,(H2,16,17,18). The molecule has 0 bridgehead atoms. The van der Waals surface area contributed by atoms with Gasteiger partial charge >= 0.3 is 6.03 Å². The lowest BCUT2D eigenvalue weighted by molar-refractivity contribution is 0.252. The Morgan fingerprint density at radius 1 is 1.29 bits per heavy atom. The highest BCUT2D eigenvalue weighted by Gasteiger charge is 2.07. The molecule has 7 heteroatoms. The summed E-state index contributed by atoms with van der Waals surface area (Å²) in [6, 6.07) is 4.90. The third-order valence-electron chi connectivity index (χ3n) is 2.73. The number of benzene rings is 1. The van der Waals surface area contributed by atoms with Crippen LogP contribution in [0.3, 0.4) is 0 Å². The zero-order chi connectivity index (χ0) is 15.2. The van der Waals surface area contributed by atoms with Crippen LogP contribution in [0.2, 0.25) is 0 Å². The number of hydrogen-bond acceptors (Lipinski definition) is 5. The SMILES string of the molecule is COc1ccc(NC(=O)NCc2cnc(C)s2)cc1OC. The number of amides is 2. The fourth-order valence-electron chi connectivity index (χ4n) is 1.74. The summed E-state index contributed by atoms with van der Waals surface area (Å²) in [5, 5.41) is 6.50. The van der Waals surface area contributed by atoms with Crippen molar-refractivity contribution in [2.75, 3.05) is 19.5 Å². The normalized spacial score (nSPS) is 10.0. The van der Waals surface area contributed by atoms with E-state index in [1.807, 2.05) is 6.92 Å². The Balaban J connectivity index is 1.93. The van der Waals surface area contributed by atoms with Crippen molar-refractivity contribution in [2.24, 2.45) is 0 Å². The number of carbonyl (C=O) groups excluding carboxylic acids is 1. The number of thiazole rings is 1. The Kier molecular flexibility index (Phi) is 4.99. The zero-order valence-electron chi connectivity index (χ0n) is 12.1. The number of aromatic nitrogens is 1. The van der Waals surface area contributed by atoms with Crippen LogP contribution < -0.4 is 20.1 Å². The van der Waals surface area contributed by atoms with Crippen molar-refractivity contribution in [3.8, 4) is 11.5 Å². The second-order valence-corrected chi connectivity index (χ2v) is 5.54. The van der Waals surface area contributed by atoms with Crippen molar-refractivity contribution in [1.82, 2.24) is 10.3 Å². The van der Waals surface area contributed by atoms with Crippen LogP contribution in [0.4, 0.5) is 10.5 Å². The van der Waals surface area contributed by atoms with Crippen molar-refractivity contribution in [2.45, 2.75) is 13.5 Å². The van der Waals surface area contributed by atoms with E-state index in [1.165, 1.54) is 0 Å². The van der Waals surface area contributed by atoms with Gasteiger partial charge in [0, 0.05) is 22.8 Å². The Morgan fingerprint density at radius 3 is 2.67 bits per heavy atom. The first-order chi connectivity index (χ1) is 10.1. The monoisotopic (exact) mass is 307 g/mol. The van der Waals surface area contributed by atoms with Gasteiger partial charge in [-0.3, -0.25) is 0 Å². The molecule has 2 amide bonds. The summed E-state index contributed by atoms with van der Waals surface area (Å²) in [5.41, 5.74) is 0.630. The second kappa shape index (κ2) is 6.94. The fourth-order valence-corrected chi connectivity index (χ4v) is 2.48. The van der Waals surface area contributed by atoms with Gasteiger partial charge in [0.2, 0.25) is 0 Å². The number of methoxy groups -OCH3 is 2. The van der Waals surface area contributed by atoms with E-state index < -0.39 is 0 Å². The summed E-state index contributed by atoms with van der Waals surface area (Å²) in [6.45, 7) is 2.38. The first-order valence-corrected chi connectivity index (χ1v) is 7.12. The molecule has 21 heavy (non-hydrogen) atoms. The maximum Gasteiger partial charge on any atom is 0.319 e. The van der Waals surface area contributed by atoms with Crippen molar-refractivity contribution in [1.29, 1.82) is 0 Å². The summed E-state index contributed by atoms with van der Waals surface area (Å²) in [6.07, 6.45) is 1.76. The number of anilines is 1. The quantitative estimate of drug-likeness (QED) is 0.891. The van der Waals surface area contributed by atoms with E-state index in [0.29, 0.717) is 23.7 Å². The molecule has 0 unspecified atom stereocenters. The average Bonchev–Trinajstić information content (AvgIpc) is 2.90. The number of hydrogen-bond donors (Lipinski definition) is 2. The van der Waals surface area contributed by atoms with Crippen molar-refractivity contribution < 1.29 is 14.3 Å². The summed E-state index contributed by atoms with van der Waals surface area (Å²) >= 11 is 1.56. The van der Waals surface area contributed by atoms with Gasteiger partial charge in [-0.15, -0.1) is 11.3 Å². The molecule has 1 heterocycles. The van der Waals surface area contributed by atoms with E-state index in [9.17, 15) is 4.79 Å². The highest BCUT2D eigenvalue weighted by molar-refractivity contribution is 7.11. The molecule has 0 aliphatic carbocycles. The lowest BCUT2D eigenvalue weighted by Gasteiger charge is -2.11. The number of ether oxygens (including phenoxy) is 2. The highest BCUT2D eigenvalue weighted by atomic mass is 32.1. The minimum absolute atomic E-state index is 0.284. The Bertz CT molecular complexity index is 628. The molecule has 1 aromatic heterocycles. The first kappa shape index (κ1) is 15.1. The van der Waals surface area contributed by atoms with Gasteiger partial charge in [-0.1, -0.05) is 0 Å². The minimum atomic E-state index is -0.284. The van der Waals surface area contributed by atoms with E-state index in [0.717, 1.165) is 9.88 Å². The molecule has 2 rings (SSSR count). The van der Waals surface area contributed by atoms with Crippen LogP contribution in [-0.4, -0.2) is 25.2 Å². The minimum Gasteiger partial charge on any atom is -0.493 e. The first-order valence-electron chi connectivity index (χ1n) is 6.30. The third-order valence-corrected chi connectivity index (χ3v) is 3.65. The Hall–Kier alpha value is -2.28. The molecule has 1 aromatic carbocycles. The van der Waals surface area contributed by atoms with Gasteiger partial charge < -0.3 is 20.1 Å². The molecule has 2 aromatic rings. The third kappa shape index (κ3) is 4.09. The maximum atomic E-state index is 11.8. The number of urea groups is 1. The van der Waals surface area contributed by atoms with Crippen LogP contribution in [-0.2, 0) is 6.54 Å². The molecule has 0 aliphatic rings. The number of nitrogens with one attached hydrogen (secondary N) is 2. The lowest BCUT2D eigenvalue weighted by atomic mass is 10.3. The zero-order valence-corrected chi connectivity index (χ0v) is 12.9. The lowest BCUT2D eigenvalue weighted by Crippen LogP contribution is -2.27. The molecule has 0 saturated heterocycles. The molecular formula is C14H17N3O3S. The van der Waals surface area contributed by atoms with Gasteiger partial charge in [0.15, 0.2) is 11.5 Å². The predicted molar refractivity (Wildman–Crippen MR) is 82.3 cm³/mol. The molecule has 0 aliphatic heterocycles. The van der Waals surface area contributed by atoms with Crippen LogP contribution in [0.5, 0.6) is 11.5 Å². The topological polar surface area (TPSA) is 72.5 Å². The molecule has 0 atom stereocenters. The van der Waals surface area contributed by atoms with Crippen LogP contribution >= 0.6 is 11.3 Å². The highest BCUT2D eigenvalue weighted by Crippen LogP contribution is 2.29. The molecule has 112 valence electrons.